The second-order valence-corrected chi connectivity index (χ2v) is 5.18. The van der Waals surface area contributed by atoms with Crippen molar-refractivity contribution < 1.29 is 28.7 Å². The molecule has 0 aliphatic carbocycles. The molecule has 132 valence electrons. The van der Waals surface area contributed by atoms with Crippen LogP contribution in [0.4, 0.5) is 8.78 Å². The summed E-state index contributed by atoms with van der Waals surface area (Å²) in [7, 11) is -1.59. The molecule has 5 nitrogen and oxygen atoms in total. The van der Waals surface area contributed by atoms with Crippen LogP contribution >= 0.6 is 0 Å². The predicted octanol–water partition coefficient (Wildman–Crippen LogP) is 2.09. The molecule has 0 bridgehead atoms. The minimum atomic E-state index is -1.59. The van der Waals surface area contributed by atoms with E-state index in [1.807, 2.05) is 0 Å². The molecule has 26 heavy (non-hydrogen) atoms. The van der Waals surface area contributed by atoms with Crippen molar-refractivity contribution in [2.24, 2.45) is 0 Å². The van der Waals surface area contributed by atoms with Crippen molar-refractivity contribution in [3.63, 3.8) is 0 Å². The standard InChI is InChI=1S/C12H8FNO2.C6H6BFO2/c13-10-3-1-2-8(6-10)11-5-4-9(7-14-11)12(15)16;8-6-3-1-2-5(4-6)7(9)10/h1-7H,(H,15,16);1-4,9-10H. The van der Waals surface area contributed by atoms with E-state index >= 15 is 0 Å². The number of carboxylic acid groups (broad SMARTS) is 1. The van der Waals surface area contributed by atoms with Crippen molar-refractivity contribution in [3.8, 4) is 11.3 Å². The molecule has 0 amide bonds. The molecule has 0 aliphatic rings. The van der Waals surface area contributed by atoms with Crippen molar-refractivity contribution in [3.05, 3.63) is 84.1 Å². The number of carbonyl (C=O) groups is 1. The van der Waals surface area contributed by atoms with Crippen LogP contribution in [-0.2, 0) is 0 Å². The van der Waals surface area contributed by atoms with Crippen molar-refractivity contribution in [1.29, 1.82) is 0 Å². The first kappa shape index (κ1) is 19.2. The molecule has 0 fully saturated rings. The normalized spacial score (nSPS) is 9.85. The van der Waals surface area contributed by atoms with Crippen molar-refractivity contribution in [2.75, 3.05) is 0 Å². The molecule has 3 rings (SSSR count). The Hall–Kier alpha value is -3.10. The maximum atomic E-state index is 12.9. The van der Waals surface area contributed by atoms with Gasteiger partial charge in [0.15, 0.2) is 0 Å². The van der Waals surface area contributed by atoms with Crippen molar-refractivity contribution in [2.45, 2.75) is 0 Å². The van der Waals surface area contributed by atoms with Crippen LogP contribution in [0.5, 0.6) is 0 Å². The van der Waals surface area contributed by atoms with E-state index in [-0.39, 0.29) is 16.8 Å². The Labute approximate surface area is 148 Å². The van der Waals surface area contributed by atoms with Gasteiger partial charge in [0.1, 0.15) is 11.6 Å². The van der Waals surface area contributed by atoms with Gasteiger partial charge >= 0.3 is 13.1 Å². The number of rotatable bonds is 3. The largest absolute Gasteiger partial charge is 0.488 e. The zero-order valence-electron chi connectivity index (χ0n) is 13.4. The number of pyridine rings is 1. The van der Waals surface area contributed by atoms with Gasteiger partial charge in [-0.15, -0.1) is 0 Å². The average Bonchev–Trinajstić information content (AvgIpc) is 2.62. The maximum Gasteiger partial charge on any atom is 0.488 e. The third-order valence-corrected chi connectivity index (χ3v) is 3.28. The fourth-order valence-electron chi connectivity index (χ4n) is 2.01. The number of aromatic nitrogens is 1. The van der Waals surface area contributed by atoms with Gasteiger partial charge in [0.25, 0.3) is 0 Å². The average molecular weight is 357 g/mol. The van der Waals surface area contributed by atoms with Crippen LogP contribution in [0.25, 0.3) is 11.3 Å². The molecule has 0 aliphatic heterocycles. The molecule has 3 N–H and O–H groups in total. The van der Waals surface area contributed by atoms with Gasteiger partial charge in [0, 0.05) is 11.8 Å². The highest BCUT2D eigenvalue weighted by Crippen LogP contribution is 2.17. The summed E-state index contributed by atoms with van der Waals surface area (Å²) in [4.78, 5) is 14.6. The molecule has 3 aromatic rings. The number of nitrogens with zero attached hydrogens (tertiary/aromatic N) is 1. The van der Waals surface area contributed by atoms with Gasteiger partial charge in [-0.05, 0) is 41.9 Å². The number of hydrogen-bond acceptors (Lipinski definition) is 4. The van der Waals surface area contributed by atoms with Gasteiger partial charge in [-0.1, -0.05) is 24.3 Å². The monoisotopic (exact) mass is 357 g/mol. The van der Waals surface area contributed by atoms with Crippen LogP contribution in [0.2, 0.25) is 0 Å². The van der Waals surface area contributed by atoms with Crippen LogP contribution in [0.1, 0.15) is 10.4 Å². The first-order valence-corrected chi connectivity index (χ1v) is 7.43. The van der Waals surface area contributed by atoms with Crippen LogP contribution in [0, 0.1) is 11.6 Å². The molecule has 0 spiro atoms. The molecular weight excluding hydrogens is 343 g/mol. The van der Waals surface area contributed by atoms with E-state index in [1.54, 1.807) is 18.2 Å². The third-order valence-electron chi connectivity index (χ3n) is 3.28. The summed E-state index contributed by atoms with van der Waals surface area (Å²) in [6, 6.07) is 14.2. The Morgan fingerprint density at radius 3 is 2.04 bits per heavy atom. The summed E-state index contributed by atoms with van der Waals surface area (Å²) >= 11 is 0. The Kier molecular flexibility index (Phi) is 6.54. The lowest BCUT2D eigenvalue weighted by Gasteiger charge is -2.01. The molecule has 0 saturated heterocycles. The van der Waals surface area contributed by atoms with E-state index in [4.69, 9.17) is 15.2 Å². The molecule has 0 unspecified atom stereocenters. The maximum absolute atomic E-state index is 12.9. The Balaban J connectivity index is 0.000000209. The van der Waals surface area contributed by atoms with Gasteiger partial charge in [0.05, 0.1) is 11.3 Å². The smallest absolute Gasteiger partial charge is 0.478 e. The molecule has 1 aromatic heterocycles. The van der Waals surface area contributed by atoms with E-state index in [1.165, 1.54) is 42.6 Å². The quantitative estimate of drug-likeness (QED) is 0.625. The van der Waals surface area contributed by atoms with E-state index in [9.17, 15) is 13.6 Å². The lowest BCUT2D eigenvalue weighted by molar-refractivity contribution is 0.0696. The zero-order valence-corrected chi connectivity index (χ0v) is 13.4. The van der Waals surface area contributed by atoms with E-state index in [2.05, 4.69) is 4.98 Å². The Morgan fingerprint density at radius 1 is 0.923 bits per heavy atom. The molecule has 8 heteroatoms. The lowest BCUT2D eigenvalue weighted by Crippen LogP contribution is -2.29. The number of benzene rings is 2. The van der Waals surface area contributed by atoms with E-state index in [0.717, 1.165) is 6.07 Å². The van der Waals surface area contributed by atoms with E-state index in [0.29, 0.717) is 11.3 Å². The second kappa shape index (κ2) is 8.84. The summed E-state index contributed by atoms with van der Waals surface area (Å²) in [6.07, 6.45) is 1.25. The van der Waals surface area contributed by atoms with Gasteiger partial charge in [-0.25, -0.2) is 13.6 Å². The van der Waals surface area contributed by atoms with Gasteiger partial charge in [-0.2, -0.15) is 0 Å². The molecule has 0 atom stereocenters. The number of halogens is 2. The highest BCUT2D eigenvalue weighted by Gasteiger charge is 2.10. The van der Waals surface area contributed by atoms with Crippen LogP contribution < -0.4 is 5.46 Å². The van der Waals surface area contributed by atoms with Gasteiger partial charge < -0.3 is 15.2 Å². The molecule has 2 aromatic carbocycles. The predicted molar refractivity (Wildman–Crippen MR) is 92.8 cm³/mol. The minimum Gasteiger partial charge on any atom is -0.478 e. The first-order chi connectivity index (χ1) is 12.4. The van der Waals surface area contributed by atoms with Gasteiger partial charge in [0.2, 0.25) is 0 Å². The van der Waals surface area contributed by atoms with Crippen LogP contribution in [0.15, 0.2) is 66.9 Å². The highest BCUT2D eigenvalue weighted by molar-refractivity contribution is 6.58. The van der Waals surface area contributed by atoms with Gasteiger partial charge in [-0.3, -0.25) is 4.98 Å². The summed E-state index contributed by atoms with van der Waals surface area (Å²) in [6.45, 7) is 0. The topological polar surface area (TPSA) is 90.7 Å². The molecule has 0 saturated carbocycles. The van der Waals surface area contributed by atoms with Crippen LogP contribution in [0.3, 0.4) is 0 Å². The summed E-state index contributed by atoms with van der Waals surface area (Å²) in [5, 5.41) is 25.8. The van der Waals surface area contributed by atoms with Crippen LogP contribution in [-0.4, -0.2) is 33.2 Å². The Bertz CT molecular complexity index is 888. The molecular formula is C18H14BF2NO4. The number of aromatic carboxylic acids is 1. The fraction of sp³-hybridized carbons (Fsp3) is 0. The summed E-state index contributed by atoms with van der Waals surface area (Å²) in [5.41, 5.74) is 1.45. The SMILES string of the molecule is O=C(O)c1ccc(-c2cccc(F)c2)nc1.OB(O)c1cccc(F)c1. The Morgan fingerprint density at radius 2 is 1.58 bits per heavy atom. The number of hydrogen-bond donors (Lipinski definition) is 3. The lowest BCUT2D eigenvalue weighted by atomic mass is 9.80. The van der Waals surface area contributed by atoms with E-state index < -0.39 is 18.9 Å². The van der Waals surface area contributed by atoms with Crippen molar-refractivity contribution >= 4 is 18.6 Å². The summed E-state index contributed by atoms with van der Waals surface area (Å²) in [5.74, 6) is -1.84. The molecule has 0 radical (unpaired) electrons. The number of carboxylic acids is 1. The third kappa shape index (κ3) is 5.47. The molecule has 1 heterocycles. The van der Waals surface area contributed by atoms with Crippen molar-refractivity contribution in [1.82, 2.24) is 4.98 Å². The zero-order chi connectivity index (χ0) is 19.1. The highest BCUT2D eigenvalue weighted by atomic mass is 19.1. The second-order valence-electron chi connectivity index (χ2n) is 5.18. The first-order valence-electron chi connectivity index (χ1n) is 7.43. The summed E-state index contributed by atoms with van der Waals surface area (Å²) < 4.78 is 25.2. The fourth-order valence-corrected chi connectivity index (χ4v) is 2.01. The minimum absolute atomic E-state index is 0.111.